The van der Waals surface area contributed by atoms with Gasteiger partial charge in [-0.3, -0.25) is 10.1 Å². The van der Waals surface area contributed by atoms with Crippen LogP contribution in [0.4, 0.5) is 5.69 Å². The highest BCUT2D eigenvalue weighted by atomic mass is 35.5. The molecule has 2 rings (SSSR count). The summed E-state index contributed by atoms with van der Waals surface area (Å²) in [5, 5.41) is 15.4. The van der Waals surface area contributed by atoms with Gasteiger partial charge in [0.2, 0.25) is 5.96 Å². The zero-order chi connectivity index (χ0) is 13.3. The second kappa shape index (κ2) is 5.14. The highest BCUT2D eigenvalue weighted by Crippen LogP contribution is 2.34. The maximum atomic E-state index is 11.3. The summed E-state index contributed by atoms with van der Waals surface area (Å²) in [5.41, 5.74) is 1.42. The molecule has 1 atom stereocenters. The van der Waals surface area contributed by atoms with Gasteiger partial charge in [-0.25, -0.2) is 4.99 Å². The molecule has 1 aromatic rings. The fourth-order valence-electron chi connectivity index (χ4n) is 1.48. The first-order chi connectivity index (χ1) is 8.49. The van der Waals surface area contributed by atoms with Gasteiger partial charge in [-0.1, -0.05) is 23.2 Å². The molecule has 0 spiro atoms. The Morgan fingerprint density at radius 3 is 2.94 bits per heavy atom. The van der Waals surface area contributed by atoms with E-state index in [9.17, 15) is 4.79 Å². The molecule has 0 saturated heterocycles. The van der Waals surface area contributed by atoms with E-state index in [-0.39, 0.29) is 5.96 Å². The molecule has 1 aromatic carbocycles. The Morgan fingerprint density at radius 1 is 1.56 bits per heavy atom. The maximum Gasteiger partial charge on any atom is 0.255 e. The molecular weight excluding hydrogens is 277 g/mol. The normalized spacial score (nSPS) is 15.2. The summed E-state index contributed by atoms with van der Waals surface area (Å²) in [4.78, 5) is 15.5. The van der Waals surface area contributed by atoms with Gasteiger partial charge in [-0.2, -0.15) is 0 Å². The van der Waals surface area contributed by atoms with E-state index in [1.54, 1.807) is 12.1 Å². The van der Waals surface area contributed by atoms with E-state index < -0.39 is 12.0 Å². The van der Waals surface area contributed by atoms with E-state index in [4.69, 9.17) is 28.3 Å². The van der Waals surface area contributed by atoms with E-state index in [1.807, 2.05) is 0 Å². The van der Waals surface area contributed by atoms with E-state index in [0.29, 0.717) is 22.3 Å². The van der Waals surface area contributed by atoms with Gasteiger partial charge in [-0.05, 0) is 19.1 Å². The molecule has 1 aliphatic rings. The number of nitrogens with zero attached hydrogens (tertiary/aromatic N) is 1. The Hall–Kier alpha value is -1.30. The summed E-state index contributed by atoms with van der Waals surface area (Å²) in [6.45, 7) is 1.79. The first kappa shape index (κ1) is 13.1. The summed E-state index contributed by atoms with van der Waals surface area (Å²) in [6, 6.07) is 3.37. The molecule has 0 aromatic heterocycles. The van der Waals surface area contributed by atoms with E-state index in [0.717, 1.165) is 5.56 Å². The minimum Gasteiger partial charge on any atom is -0.384 e. The van der Waals surface area contributed by atoms with Crippen LogP contribution in [0.25, 0.3) is 0 Å². The molecule has 1 unspecified atom stereocenters. The fourth-order valence-corrected chi connectivity index (χ4v) is 1.88. The fraction of sp³-hybridized carbons (Fsp3) is 0.273. The molecule has 3 N–H and O–H groups in total. The lowest BCUT2D eigenvalue weighted by atomic mass is 10.1. The second-order valence-electron chi connectivity index (χ2n) is 3.84. The molecule has 7 heteroatoms. The van der Waals surface area contributed by atoms with Crippen molar-refractivity contribution < 1.29 is 9.90 Å². The van der Waals surface area contributed by atoms with Crippen molar-refractivity contribution in [1.29, 1.82) is 0 Å². The van der Waals surface area contributed by atoms with Crippen molar-refractivity contribution in [1.82, 2.24) is 10.6 Å². The number of aliphatic imine (C=N–C) groups is 1. The molecule has 96 valence electrons. The number of fused-ring (bicyclic) bond motifs is 1. The van der Waals surface area contributed by atoms with Gasteiger partial charge in [-0.15, -0.1) is 0 Å². The predicted octanol–water partition coefficient (Wildman–Crippen LogP) is 1.58. The van der Waals surface area contributed by atoms with Crippen molar-refractivity contribution in [3.63, 3.8) is 0 Å². The number of nitrogens with one attached hydrogen (secondary N) is 2. The van der Waals surface area contributed by atoms with Gasteiger partial charge in [0.1, 0.15) is 6.10 Å². The monoisotopic (exact) mass is 287 g/mol. The van der Waals surface area contributed by atoms with E-state index in [1.165, 1.54) is 6.92 Å². The molecule has 0 saturated carbocycles. The summed E-state index contributed by atoms with van der Waals surface area (Å²) >= 11 is 11.9. The molecule has 1 amide bonds. The van der Waals surface area contributed by atoms with Crippen LogP contribution in [-0.2, 0) is 11.3 Å². The van der Waals surface area contributed by atoms with E-state index >= 15 is 0 Å². The highest BCUT2D eigenvalue weighted by Gasteiger charge is 2.18. The van der Waals surface area contributed by atoms with Gasteiger partial charge >= 0.3 is 0 Å². The van der Waals surface area contributed by atoms with Crippen molar-refractivity contribution in [3.05, 3.63) is 27.7 Å². The van der Waals surface area contributed by atoms with Crippen molar-refractivity contribution in [2.75, 3.05) is 0 Å². The minimum absolute atomic E-state index is 0.284. The standard InChI is InChI=1S/C11H11Cl2N3O2/c1-5(17)10(18)16-11-14-4-6-8(15-11)3-2-7(12)9(6)13/h2-3,5,17H,4H2,1H3,(H2,14,15,16,18). The van der Waals surface area contributed by atoms with Crippen molar-refractivity contribution in [2.24, 2.45) is 4.99 Å². The van der Waals surface area contributed by atoms with Crippen LogP contribution in [0.3, 0.4) is 0 Å². The molecular formula is C11H11Cl2N3O2. The summed E-state index contributed by atoms with van der Waals surface area (Å²) < 4.78 is 0. The number of hydrogen-bond donors (Lipinski definition) is 3. The predicted molar refractivity (Wildman–Crippen MR) is 70.2 cm³/mol. The molecule has 18 heavy (non-hydrogen) atoms. The summed E-state index contributed by atoms with van der Waals surface area (Å²) in [5.74, 6) is -0.239. The summed E-state index contributed by atoms with van der Waals surface area (Å²) in [7, 11) is 0. The molecule has 0 fully saturated rings. The maximum absolute atomic E-state index is 11.3. The molecule has 0 aliphatic carbocycles. The van der Waals surface area contributed by atoms with Crippen molar-refractivity contribution in [3.8, 4) is 0 Å². The van der Waals surface area contributed by atoms with Gasteiger partial charge < -0.3 is 10.4 Å². The van der Waals surface area contributed by atoms with Gasteiger partial charge in [0.15, 0.2) is 0 Å². The SMILES string of the molecule is CC(O)C(=O)NC1=Nc2ccc(Cl)c(Cl)c2CN1. The molecule has 1 heterocycles. The lowest BCUT2D eigenvalue weighted by Crippen LogP contribution is -2.45. The van der Waals surface area contributed by atoms with Crippen LogP contribution in [0.5, 0.6) is 0 Å². The minimum atomic E-state index is -1.09. The number of amides is 1. The first-order valence-electron chi connectivity index (χ1n) is 5.27. The van der Waals surface area contributed by atoms with Crippen LogP contribution in [0.1, 0.15) is 12.5 Å². The van der Waals surface area contributed by atoms with E-state index in [2.05, 4.69) is 15.6 Å². The van der Waals surface area contributed by atoms with Gasteiger partial charge in [0.25, 0.3) is 5.91 Å². The van der Waals surface area contributed by atoms with Gasteiger partial charge in [0, 0.05) is 12.1 Å². The Bertz CT molecular complexity index is 529. The number of hydrogen-bond acceptors (Lipinski definition) is 4. The van der Waals surface area contributed by atoms with Crippen molar-refractivity contribution >= 4 is 40.8 Å². The number of aliphatic hydroxyl groups is 1. The number of halogens is 2. The third-order valence-electron chi connectivity index (χ3n) is 2.46. The summed E-state index contributed by atoms with van der Waals surface area (Å²) in [6.07, 6.45) is -1.09. The average Bonchev–Trinajstić information content (AvgIpc) is 2.34. The average molecular weight is 288 g/mol. The number of aliphatic hydroxyl groups excluding tert-OH is 1. The molecule has 5 nitrogen and oxygen atoms in total. The topological polar surface area (TPSA) is 73.7 Å². The third kappa shape index (κ3) is 2.58. The van der Waals surface area contributed by atoms with Gasteiger partial charge in [0.05, 0.1) is 15.7 Å². The van der Waals surface area contributed by atoms with Crippen LogP contribution in [-0.4, -0.2) is 23.1 Å². The second-order valence-corrected chi connectivity index (χ2v) is 4.62. The van der Waals surface area contributed by atoms with Crippen LogP contribution >= 0.6 is 23.2 Å². The number of rotatable bonds is 1. The molecule has 1 aliphatic heterocycles. The number of carbonyl (C=O) groups excluding carboxylic acids is 1. The Kier molecular flexibility index (Phi) is 3.75. The van der Waals surface area contributed by atoms with Crippen LogP contribution in [0.15, 0.2) is 17.1 Å². The number of guanidine groups is 1. The quantitative estimate of drug-likeness (QED) is 0.734. The molecule has 0 bridgehead atoms. The first-order valence-corrected chi connectivity index (χ1v) is 6.03. The smallest absolute Gasteiger partial charge is 0.255 e. The lowest BCUT2D eigenvalue weighted by molar-refractivity contribution is -0.127. The number of carbonyl (C=O) groups is 1. The van der Waals surface area contributed by atoms with Crippen LogP contribution in [0, 0.1) is 0 Å². The van der Waals surface area contributed by atoms with Crippen molar-refractivity contribution in [2.45, 2.75) is 19.6 Å². The zero-order valence-electron chi connectivity index (χ0n) is 9.50. The Morgan fingerprint density at radius 2 is 2.28 bits per heavy atom. The molecule has 0 radical (unpaired) electrons. The van der Waals surface area contributed by atoms with Crippen LogP contribution < -0.4 is 10.6 Å². The van der Waals surface area contributed by atoms with Crippen LogP contribution in [0.2, 0.25) is 10.0 Å². The Labute approximate surface area is 114 Å². The number of benzene rings is 1. The third-order valence-corrected chi connectivity index (χ3v) is 3.30. The Balaban J connectivity index is 2.26. The lowest BCUT2D eigenvalue weighted by Gasteiger charge is -2.19. The highest BCUT2D eigenvalue weighted by molar-refractivity contribution is 6.42. The zero-order valence-corrected chi connectivity index (χ0v) is 11.0. The largest absolute Gasteiger partial charge is 0.384 e.